The van der Waals surface area contributed by atoms with Crippen LogP contribution in [0.1, 0.15) is 53.7 Å². The fraction of sp³-hybridized carbons (Fsp3) is 0.348. The van der Waals surface area contributed by atoms with Gasteiger partial charge in [0, 0.05) is 40.8 Å². The summed E-state index contributed by atoms with van der Waals surface area (Å²) >= 11 is 12.4. The van der Waals surface area contributed by atoms with Gasteiger partial charge >= 0.3 is 0 Å². The molecule has 0 saturated heterocycles. The molecule has 0 bridgehead atoms. The van der Waals surface area contributed by atoms with Crippen LogP contribution in [-0.2, 0) is 0 Å². The number of hydrogen-bond donors (Lipinski definition) is 2. The number of carbonyl (C=O) groups is 1. The second-order valence-corrected chi connectivity index (χ2v) is 8.42. The number of amides is 1. The molecule has 4 rings (SSSR count). The van der Waals surface area contributed by atoms with E-state index in [1.807, 2.05) is 36.9 Å². The van der Waals surface area contributed by atoms with Gasteiger partial charge in [0.05, 0.1) is 11.1 Å². The number of nitrogens with one attached hydrogen (secondary N) is 1. The van der Waals surface area contributed by atoms with Crippen LogP contribution in [-0.4, -0.2) is 29.0 Å². The third-order valence-corrected chi connectivity index (χ3v) is 6.56. The number of carbonyl (C=O) groups excluding carboxylic acids is 1. The smallest absolute Gasteiger partial charge is 0.253 e. The fourth-order valence-corrected chi connectivity index (χ4v) is 5.06. The third kappa shape index (κ3) is 3.49. The average Bonchev–Trinajstić information content (AvgIpc) is 3.21. The van der Waals surface area contributed by atoms with E-state index in [4.69, 9.17) is 23.2 Å². The van der Waals surface area contributed by atoms with Crippen molar-refractivity contribution in [1.29, 1.82) is 0 Å². The zero-order chi connectivity index (χ0) is 20.7. The summed E-state index contributed by atoms with van der Waals surface area (Å²) in [6.45, 7) is 5.36. The molecule has 1 heterocycles. The topological polar surface area (TPSA) is 52.6 Å². The number of nitrogens with zero attached hydrogens (tertiary/aromatic N) is 1. The Balaban J connectivity index is 1.74. The Labute approximate surface area is 181 Å². The molecule has 0 saturated carbocycles. The van der Waals surface area contributed by atoms with Gasteiger partial charge in [-0.05, 0) is 62.1 Å². The van der Waals surface area contributed by atoms with Gasteiger partial charge in [-0.2, -0.15) is 0 Å². The maximum atomic E-state index is 12.8. The summed E-state index contributed by atoms with van der Waals surface area (Å²) in [6, 6.07) is 9.05. The van der Waals surface area contributed by atoms with E-state index in [9.17, 15) is 9.90 Å². The van der Waals surface area contributed by atoms with Gasteiger partial charge in [0.1, 0.15) is 5.75 Å². The lowest BCUT2D eigenvalue weighted by Gasteiger charge is -2.38. The zero-order valence-corrected chi connectivity index (χ0v) is 18.0. The Morgan fingerprint density at radius 2 is 1.93 bits per heavy atom. The average molecular weight is 431 g/mol. The summed E-state index contributed by atoms with van der Waals surface area (Å²) in [6.07, 6.45) is 5.24. The van der Waals surface area contributed by atoms with E-state index in [0.29, 0.717) is 29.2 Å². The van der Waals surface area contributed by atoms with Crippen LogP contribution in [0.4, 0.5) is 5.69 Å². The molecule has 2 aromatic carbocycles. The highest BCUT2D eigenvalue weighted by molar-refractivity contribution is 6.35. The number of benzene rings is 2. The molecule has 2 aromatic rings. The minimum absolute atomic E-state index is 0.0534. The summed E-state index contributed by atoms with van der Waals surface area (Å²) in [7, 11) is 0. The van der Waals surface area contributed by atoms with E-state index in [1.165, 1.54) is 0 Å². The van der Waals surface area contributed by atoms with Crippen molar-refractivity contribution in [2.75, 3.05) is 18.4 Å². The molecule has 152 valence electrons. The maximum Gasteiger partial charge on any atom is 0.253 e. The molecular weight excluding hydrogens is 407 g/mol. The Morgan fingerprint density at radius 3 is 2.66 bits per heavy atom. The first-order chi connectivity index (χ1) is 13.9. The molecule has 0 radical (unpaired) electrons. The first-order valence-corrected chi connectivity index (χ1v) is 10.7. The quantitative estimate of drug-likeness (QED) is 0.583. The molecule has 4 nitrogen and oxygen atoms in total. The summed E-state index contributed by atoms with van der Waals surface area (Å²) in [4.78, 5) is 14.6. The molecule has 1 aliphatic heterocycles. The Kier molecular flexibility index (Phi) is 5.50. The zero-order valence-electron chi connectivity index (χ0n) is 16.5. The van der Waals surface area contributed by atoms with Gasteiger partial charge in [0.2, 0.25) is 0 Å². The fourth-order valence-electron chi connectivity index (χ4n) is 4.55. The van der Waals surface area contributed by atoms with Crippen LogP contribution >= 0.6 is 23.2 Å². The van der Waals surface area contributed by atoms with Crippen molar-refractivity contribution in [1.82, 2.24) is 4.90 Å². The highest BCUT2D eigenvalue weighted by atomic mass is 35.5. The number of phenolic OH excluding ortho intramolecular Hbond substituents is 1. The van der Waals surface area contributed by atoms with Crippen LogP contribution in [0.3, 0.4) is 0 Å². The van der Waals surface area contributed by atoms with Gasteiger partial charge in [0.25, 0.3) is 5.91 Å². The van der Waals surface area contributed by atoms with Gasteiger partial charge in [-0.1, -0.05) is 35.4 Å². The number of rotatable bonds is 4. The number of aromatic hydroxyl groups is 1. The van der Waals surface area contributed by atoms with Gasteiger partial charge in [0.15, 0.2) is 0 Å². The number of allylic oxidation sites excluding steroid dienone is 2. The molecule has 3 atom stereocenters. The van der Waals surface area contributed by atoms with Gasteiger partial charge in [-0.15, -0.1) is 0 Å². The van der Waals surface area contributed by atoms with Crippen LogP contribution in [0.15, 0.2) is 42.5 Å². The molecule has 0 fully saturated rings. The number of hydrogen-bond acceptors (Lipinski definition) is 3. The predicted octanol–water partition coefficient (Wildman–Crippen LogP) is 6.01. The van der Waals surface area contributed by atoms with Crippen molar-refractivity contribution in [3.05, 3.63) is 69.2 Å². The molecule has 3 unspecified atom stereocenters. The molecule has 2 N–H and O–H groups in total. The van der Waals surface area contributed by atoms with Crippen LogP contribution in [0.2, 0.25) is 10.0 Å². The predicted molar refractivity (Wildman–Crippen MR) is 118 cm³/mol. The van der Waals surface area contributed by atoms with Crippen LogP contribution < -0.4 is 5.32 Å². The molecule has 1 amide bonds. The molecular formula is C23H24Cl2N2O2. The maximum absolute atomic E-state index is 12.8. The van der Waals surface area contributed by atoms with Crippen molar-refractivity contribution in [3.8, 4) is 5.75 Å². The van der Waals surface area contributed by atoms with Gasteiger partial charge < -0.3 is 15.3 Å². The van der Waals surface area contributed by atoms with Gasteiger partial charge in [-0.25, -0.2) is 0 Å². The number of halogens is 2. The Morgan fingerprint density at radius 1 is 1.17 bits per heavy atom. The Hall–Kier alpha value is -2.17. The van der Waals surface area contributed by atoms with E-state index in [2.05, 4.69) is 17.5 Å². The molecule has 0 spiro atoms. The molecule has 29 heavy (non-hydrogen) atoms. The minimum Gasteiger partial charge on any atom is -0.506 e. The van der Waals surface area contributed by atoms with E-state index in [0.717, 1.165) is 17.7 Å². The van der Waals surface area contributed by atoms with Crippen molar-refractivity contribution in [2.24, 2.45) is 5.92 Å². The monoisotopic (exact) mass is 430 g/mol. The molecule has 0 aromatic heterocycles. The van der Waals surface area contributed by atoms with E-state index in [1.54, 1.807) is 12.1 Å². The molecule has 6 heteroatoms. The van der Waals surface area contributed by atoms with Crippen LogP contribution in [0.5, 0.6) is 5.75 Å². The lowest BCUT2D eigenvalue weighted by atomic mass is 9.76. The number of anilines is 1. The van der Waals surface area contributed by atoms with Crippen LogP contribution in [0.25, 0.3) is 0 Å². The first kappa shape index (κ1) is 20.1. The van der Waals surface area contributed by atoms with E-state index >= 15 is 0 Å². The number of phenols is 1. The lowest BCUT2D eigenvalue weighted by Crippen LogP contribution is -2.32. The second kappa shape index (κ2) is 7.92. The SMILES string of the molecule is CCN(CC)C(=O)c1ccc2c(c1)C1C=CCC1C(c1cc(Cl)cc(Cl)c1O)N2. The van der Waals surface area contributed by atoms with Crippen molar-refractivity contribution >= 4 is 34.8 Å². The largest absolute Gasteiger partial charge is 0.506 e. The molecule has 1 aliphatic carbocycles. The van der Waals surface area contributed by atoms with Crippen LogP contribution in [0, 0.1) is 5.92 Å². The summed E-state index contributed by atoms with van der Waals surface area (Å²) in [5, 5.41) is 14.9. The minimum atomic E-state index is -0.122. The van der Waals surface area contributed by atoms with E-state index in [-0.39, 0.29) is 34.6 Å². The standard InChI is InChI=1S/C23H24Cl2N2O2/c1-3-27(4-2)23(29)13-8-9-20-17(10-13)15-6-5-7-16(15)21(26-20)18-11-14(24)12-19(25)22(18)28/h5-6,8-12,15-16,21,26,28H,3-4,7H2,1-2H3. The van der Waals surface area contributed by atoms with Gasteiger partial charge in [-0.3, -0.25) is 4.79 Å². The highest BCUT2D eigenvalue weighted by Gasteiger charge is 2.39. The lowest BCUT2D eigenvalue weighted by molar-refractivity contribution is 0.0773. The first-order valence-electron chi connectivity index (χ1n) is 9.98. The highest BCUT2D eigenvalue weighted by Crippen LogP contribution is 2.52. The van der Waals surface area contributed by atoms with E-state index < -0.39 is 0 Å². The third-order valence-electron chi connectivity index (χ3n) is 6.05. The summed E-state index contributed by atoms with van der Waals surface area (Å²) < 4.78 is 0. The summed E-state index contributed by atoms with van der Waals surface area (Å²) in [5.74, 6) is 0.494. The second-order valence-electron chi connectivity index (χ2n) is 7.58. The number of fused-ring (bicyclic) bond motifs is 3. The molecule has 2 aliphatic rings. The Bertz CT molecular complexity index is 985. The normalized spacial score (nSPS) is 22.0. The van der Waals surface area contributed by atoms with Crippen molar-refractivity contribution in [3.63, 3.8) is 0 Å². The van der Waals surface area contributed by atoms with Crippen molar-refractivity contribution < 1.29 is 9.90 Å². The summed E-state index contributed by atoms with van der Waals surface area (Å²) in [5.41, 5.74) is 3.50. The van der Waals surface area contributed by atoms with Crippen molar-refractivity contribution in [2.45, 2.75) is 32.2 Å².